The second-order valence-corrected chi connectivity index (χ2v) is 5.65. The molecule has 21 heavy (non-hydrogen) atoms. The van der Waals surface area contributed by atoms with E-state index >= 15 is 0 Å². The predicted molar refractivity (Wildman–Crippen MR) is 78.2 cm³/mol. The van der Waals surface area contributed by atoms with E-state index in [2.05, 4.69) is 39.2 Å². The van der Waals surface area contributed by atoms with Gasteiger partial charge in [0.05, 0.1) is 0 Å². The van der Waals surface area contributed by atoms with Crippen LogP contribution in [0.15, 0.2) is 32.3 Å². The molecular weight excluding hydrogens is 292 g/mol. The number of aromatic nitrogens is 5. The van der Waals surface area contributed by atoms with Crippen LogP contribution in [0.1, 0.15) is 19.4 Å². The molecule has 0 saturated heterocycles. The molecule has 0 aliphatic rings. The van der Waals surface area contributed by atoms with Crippen molar-refractivity contribution in [1.82, 2.24) is 30.0 Å². The zero-order valence-corrected chi connectivity index (χ0v) is 12.8. The zero-order valence-electron chi connectivity index (χ0n) is 12.0. The molecule has 2 rings (SSSR count). The lowest BCUT2D eigenvalue weighted by atomic mass is 10.3. The second-order valence-electron chi connectivity index (χ2n) is 4.71. The molecule has 9 heteroatoms. The topological polar surface area (TPSA) is 106 Å². The van der Waals surface area contributed by atoms with Crippen molar-refractivity contribution in [2.75, 3.05) is 0 Å². The van der Waals surface area contributed by atoms with Crippen molar-refractivity contribution in [2.45, 2.75) is 36.7 Å². The van der Waals surface area contributed by atoms with Crippen LogP contribution in [0, 0.1) is 0 Å². The fourth-order valence-electron chi connectivity index (χ4n) is 1.44. The van der Waals surface area contributed by atoms with Gasteiger partial charge in [-0.05, 0) is 11.8 Å². The molecule has 0 unspecified atom stereocenters. The number of nitrogens with zero attached hydrogens (tertiary/aromatic N) is 4. The van der Waals surface area contributed by atoms with Gasteiger partial charge in [0.25, 0.3) is 0 Å². The maximum atomic E-state index is 11.3. The summed E-state index contributed by atoms with van der Waals surface area (Å²) < 4.78 is 1.37. The highest BCUT2D eigenvalue weighted by atomic mass is 32.2. The number of H-pyrrole nitrogens is 1. The van der Waals surface area contributed by atoms with E-state index in [9.17, 15) is 9.59 Å². The van der Waals surface area contributed by atoms with E-state index in [0.717, 1.165) is 17.3 Å². The Balaban J connectivity index is 2.12. The van der Waals surface area contributed by atoms with Crippen LogP contribution >= 0.6 is 11.8 Å². The van der Waals surface area contributed by atoms with Crippen LogP contribution in [0.3, 0.4) is 0 Å². The summed E-state index contributed by atoms with van der Waals surface area (Å²) in [6, 6.07) is 0.388. The van der Waals surface area contributed by atoms with Crippen molar-refractivity contribution in [3.63, 3.8) is 0 Å². The summed E-state index contributed by atoms with van der Waals surface area (Å²) in [4.78, 5) is 34.5. The molecule has 0 fully saturated rings. The summed E-state index contributed by atoms with van der Waals surface area (Å²) in [7, 11) is 1.59. The Labute approximate surface area is 125 Å². The van der Waals surface area contributed by atoms with E-state index in [4.69, 9.17) is 0 Å². The van der Waals surface area contributed by atoms with Crippen LogP contribution in [0.25, 0.3) is 0 Å². The average Bonchev–Trinajstić information content (AvgIpc) is 2.44. The van der Waals surface area contributed by atoms with Gasteiger partial charge >= 0.3 is 11.1 Å². The number of nitrogens with one attached hydrogen (secondary N) is 2. The van der Waals surface area contributed by atoms with Crippen LogP contribution in [0.5, 0.6) is 0 Å². The Bertz CT molecular complexity index is 722. The molecule has 2 aromatic heterocycles. The van der Waals surface area contributed by atoms with Gasteiger partial charge in [0, 0.05) is 37.6 Å². The van der Waals surface area contributed by atoms with E-state index in [-0.39, 0.29) is 0 Å². The van der Waals surface area contributed by atoms with Crippen LogP contribution < -0.4 is 16.4 Å². The summed E-state index contributed by atoms with van der Waals surface area (Å²) >= 11 is 1.11. The minimum absolute atomic E-state index is 0.327. The average molecular weight is 308 g/mol. The second kappa shape index (κ2) is 6.64. The van der Waals surface area contributed by atoms with Crippen LogP contribution in [-0.2, 0) is 13.6 Å². The van der Waals surface area contributed by atoms with Crippen LogP contribution in [-0.4, -0.2) is 30.8 Å². The smallest absolute Gasteiger partial charge is 0.310 e. The Kier molecular flexibility index (Phi) is 4.86. The number of hydrogen-bond acceptors (Lipinski definition) is 7. The SMILES string of the molecule is CC(C)NCc1cnc(Sc2nc(=O)c(=O)[nH]n2C)nc1. The molecule has 0 radical (unpaired) electrons. The highest BCUT2D eigenvalue weighted by Crippen LogP contribution is 2.19. The van der Waals surface area contributed by atoms with Crippen molar-refractivity contribution in [1.29, 1.82) is 0 Å². The van der Waals surface area contributed by atoms with E-state index in [1.165, 1.54) is 4.68 Å². The fraction of sp³-hybridized carbons (Fsp3) is 0.417. The standard InChI is InChI=1S/C12H16N6O2S/c1-7(2)13-4-8-5-14-11(15-6-8)21-12-16-9(19)10(20)17-18(12)3/h5-7,13H,4H2,1-3H3,(H,17,20). The highest BCUT2D eigenvalue weighted by molar-refractivity contribution is 7.99. The number of aromatic amines is 1. The Morgan fingerprint density at radius 1 is 1.33 bits per heavy atom. The van der Waals surface area contributed by atoms with Crippen molar-refractivity contribution >= 4 is 11.8 Å². The molecule has 0 spiro atoms. The summed E-state index contributed by atoms with van der Waals surface area (Å²) in [5.74, 6) is 0. The molecule has 0 aliphatic carbocycles. The van der Waals surface area contributed by atoms with E-state index in [0.29, 0.717) is 22.9 Å². The largest absolute Gasteiger partial charge is 0.339 e. The molecule has 0 bridgehead atoms. The minimum Gasteiger partial charge on any atom is -0.310 e. The van der Waals surface area contributed by atoms with Crippen molar-refractivity contribution in [3.05, 3.63) is 38.7 Å². The molecule has 8 nitrogen and oxygen atoms in total. The van der Waals surface area contributed by atoms with Gasteiger partial charge in [-0.2, -0.15) is 4.98 Å². The lowest BCUT2D eigenvalue weighted by molar-refractivity contribution is 0.585. The summed E-state index contributed by atoms with van der Waals surface area (Å²) in [6.45, 7) is 4.82. The van der Waals surface area contributed by atoms with Crippen molar-refractivity contribution in [2.24, 2.45) is 7.05 Å². The molecule has 2 N–H and O–H groups in total. The molecule has 0 aliphatic heterocycles. The molecule has 112 valence electrons. The number of rotatable bonds is 5. The minimum atomic E-state index is -0.826. The van der Waals surface area contributed by atoms with Crippen molar-refractivity contribution in [3.8, 4) is 0 Å². The molecule has 0 amide bonds. The lowest BCUT2D eigenvalue weighted by Gasteiger charge is -2.08. The molecular formula is C12H16N6O2S. The molecule has 0 atom stereocenters. The summed E-state index contributed by atoms with van der Waals surface area (Å²) in [5, 5.41) is 6.42. The summed E-state index contributed by atoms with van der Waals surface area (Å²) in [5.41, 5.74) is -0.609. The monoisotopic (exact) mass is 308 g/mol. The molecule has 2 heterocycles. The first-order chi connectivity index (χ1) is 9.95. The fourth-order valence-corrected chi connectivity index (χ4v) is 2.13. The van der Waals surface area contributed by atoms with Gasteiger partial charge in [0.1, 0.15) is 0 Å². The van der Waals surface area contributed by atoms with Gasteiger partial charge in [-0.15, -0.1) is 0 Å². The van der Waals surface area contributed by atoms with Gasteiger partial charge in [0.15, 0.2) is 10.3 Å². The Morgan fingerprint density at radius 2 is 2.00 bits per heavy atom. The maximum Gasteiger partial charge on any atom is 0.339 e. The maximum absolute atomic E-state index is 11.3. The van der Waals surface area contributed by atoms with Crippen molar-refractivity contribution < 1.29 is 0 Å². The quantitative estimate of drug-likeness (QED) is 0.587. The Morgan fingerprint density at radius 3 is 2.62 bits per heavy atom. The van der Waals surface area contributed by atoms with Gasteiger partial charge < -0.3 is 5.32 Å². The predicted octanol–water partition coefficient (Wildman–Crippen LogP) is -0.0922. The first-order valence-corrected chi connectivity index (χ1v) is 7.17. The third kappa shape index (κ3) is 4.23. The zero-order chi connectivity index (χ0) is 15.4. The van der Waals surface area contributed by atoms with Gasteiger partial charge in [-0.25, -0.2) is 9.97 Å². The number of hydrogen-bond donors (Lipinski definition) is 2. The summed E-state index contributed by atoms with van der Waals surface area (Å²) in [6.07, 6.45) is 3.43. The Hall–Kier alpha value is -2.00. The van der Waals surface area contributed by atoms with Crippen LogP contribution in [0.4, 0.5) is 0 Å². The van der Waals surface area contributed by atoms with E-state index in [1.807, 2.05) is 0 Å². The molecule has 0 aromatic carbocycles. The van der Waals surface area contributed by atoms with Gasteiger partial charge in [-0.1, -0.05) is 13.8 Å². The van der Waals surface area contributed by atoms with Crippen LogP contribution in [0.2, 0.25) is 0 Å². The van der Waals surface area contributed by atoms with E-state index in [1.54, 1.807) is 19.4 Å². The normalized spacial score (nSPS) is 11.0. The van der Waals surface area contributed by atoms with Gasteiger partial charge in [0.2, 0.25) is 0 Å². The van der Waals surface area contributed by atoms with Gasteiger partial charge in [-0.3, -0.25) is 19.4 Å². The third-order valence-corrected chi connectivity index (χ3v) is 3.47. The lowest BCUT2D eigenvalue weighted by Crippen LogP contribution is -2.33. The van der Waals surface area contributed by atoms with E-state index < -0.39 is 11.1 Å². The third-order valence-electron chi connectivity index (χ3n) is 2.53. The molecule has 2 aromatic rings. The highest BCUT2D eigenvalue weighted by Gasteiger charge is 2.08. The first-order valence-electron chi connectivity index (χ1n) is 6.35. The first kappa shape index (κ1) is 15.4. The number of aryl methyl sites for hydroxylation is 1. The molecule has 0 saturated carbocycles.